The Balaban J connectivity index is 1.67. The molecule has 12 heteroatoms. The molecule has 1 aromatic heterocycles. The zero-order chi connectivity index (χ0) is 25.6. The lowest BCUT2D eigenvalue weighted by Crippen LogP contribution is -2.45. The third-order valence-electron chi connectivity index (χ3n) is 5.25. The monoisotopic (exact) mass is 497 g/mol. The Kier molecular flexibility index (Phi) is 8.39. The van der Waals surface area contributed by atoms with Crippen LogP contribution < -0.4 is 15.5 Å². The number of morpholine rings is 1. The summed E-state index contributed by atoms with van der Waals surface area (Å²) < 4.78 is 55.1. The molecule has 1 aromatic carbocycles. The Morgan fingerprint density at radius 3 is 2.46 bits per heavy atom. The molecule has 9 nitrogen and oxygen atoms in total. The molecule has 1 saturated heterocycles. The van der Waals surface area contributed by atoms with Crippen LogP contribution in [0.15, 0.2) is 41.0 Å². The van der Waals surface area contributed by atoms with E-state index in [4.69, 9.17) is 13.9 Å². The number of carbonyl (C=O) groups excluding carboxylic acids is 3. The minimum Gasteiger partial charge on any atom is -0.459 e. The lowest BCUT2D eigenvalue weighted by molar-refractivity contribution is -0.150. The van der Waals surface area contributed by atoms with Crippen molar-refractivity contribution >= 4 is 29.2 Å². The molecule has 1 aliphatic rings. The Morgan fingerprint density at radius 2 is 1.86 bits per heavy atom. The van der Waals surface area contributed by atoms with Gasteiger partial charge in [0, 0.05) is 13.1 Å². The summed E-state index contributed by atoms with van der Waals surface area (Å²) in [5, 5.41) is 4.89. The van der Waals surface area contributed by atoms with Crippen LogP contribution in [0.25, 0.3) is 0 Å². The largest absolute Gasteiger partial charge is 0.459 e. The molecular formula is C23H26F3N3O6. The zero-order valence-corrected chi connectivity index (χ0v) is 19.2. The maximum atomic E-state index is 13.2. The van der Waals surface area contributed by atoms with E-state index in [1.54, 1.807) is 18.7 Å². The van der Waals surface area contributed by atoms with Gasteiger partial charge in [0.15, 0.2) is 12.4 Å². The van der Waals surface area contributed by atoms with Crippen molar-refractivity contribution in [2.24, 2.45) is 5.92 Å². The number of halogens is 3. The van der Waals surface area contributed by atoms with Gasteiger partial charge < -0.3 is 29.4 Å². The molecule has 2 aromatic rings. The highest BCUT2D eigenvalue weighted by molar-refractivity contribution is 5.97. The number of rotatable bonds is 8. The number of alkyl halides is 3. The first kappa shape index (κ1) is 26.1. The smallest absolute Gasteiger partial charge is 0.416 e. The van der Waals surface area contributed by atoms with Gasteiger partial charge >= 0.3 is 12.1 Å². The fraction of sp³-hybridized carbons (Fsp3) is 0.435. The van der Waals surface area contributed by atoms with Crippen molar-refractivity contribution in [1.29, 1.82) is 0 Å². The maximum Gasteiger partial charge on any atom is 0.416 e. The van der Waals surface area contributed by atoms with Crippen molar-refractivity contribution in [1.82, 2.24) is 5.32 Å². The second-order valence-corrected chi connectivity index (χ2v) is 8.16. The highest BCUT2D eigenvalue weighted by Crippen LogP contribution is 2.35. The molecule has 0 spiro atoms. The van der Waals surface area contributed by atoms with Crippen LogP contribution in [-0.2, 0) is 25.2 Å². The zero-order valence-electron chi connectivity index (χ0n) is 19.2. The number of hydrogen-bond acceptors (Lipinski definition) is 7. The summed E-state index contributed by atoms with van der Waals surface area (Å²) in [4.78, 5) is 39.0. The van der Waals surface area contributed by atoms with E-state index < -0.39 is 42.2 Å². The number of ether oxygens (including phenoxy) is 2. The Bertz CT molecular complexity index is 1030. The van der Waals surface area contributed by atoms with Crippen LogP contribution >= 0.6 is 0 Å². The summed E-state index contributed by atoms with van der Waals surface area (Å²) in [5.41, 5.74) is -0.594. The number of anilines is 2. The highest BCUT2D eigenvalue weighted by Gasteiger charge is 2.32. The highest BCUT2D eigenvalue weighted by atomic mass is 19.4. The maximum absolute atomic E-state index is 13.2. The van der Waals surface area contributed by atoms with Gasteiger partial charge in [0.2, 0.25) is 0 Å². The minimum atomic E-state index is -4.60. The molecule has 1 atom stereocenters. The molecule has 2 N–H and O–H groups in total. The van der Waals surface area contributed by atoms with Crippen LogP contribution in [0.5, 0.6) is 0 Å². The molecule has 35 heavy (non-hydrogen) atoms. The van der Waals surface area contributed by atoms with E-state index in [-0.39, 0.29) is 17.4 Å². The topological polar surface area (TPSA) is 110 Å². The van der Waals surface area contributed by atoms with E-state index in [1.165, 1.54) is 24.5 Å². The molecule has 1 fully saturated rings. The second-order valence-electron chi connectivity index (χ2n) is 8.16. The molecule has 0 radical (unpaired) electrons. The van der Waals surface area contributed by atoms with Crippen molar-refractivity contribution in [3.05, 3.63) is 47.9 Å². The number of nitrogens with zero attached hydrogens (tertiary/aromatic N) is 1. The van der Waals surface area contributed by atoms with E-state index in [9.17, 15) is 27.6 Å². The predicted molar refractivity (Wildman–Crippen MR) is 119 cm³/mol. The average Bonchev–Trinajstić information content (AvgIpc) is 3.36. The Labute approximate surface area is 199 Å². The molecule has 1 aliphatic heterocycles. The first-order valence-corrected chi connectivity index (χ1v) is 10.9. The van der Waals surface area contributed by atoms with Gasteiger partial charge in [-0.1, -0.05) is 13.8 Å². The van der Waals surface area contributed by atoms with Crippen LogP contribution in [0, 0.1) is 5.92 Å². The number of benzene rings is 1. The average molecular weight is 497 g/mol. The molecule has 2 heterocycles. The molecule has 0 bridgehead atoms. The summed E-state index contributed by atoms with van der Waals surface area (Å²) in [7, 11) is 0. The van der Waals surface area contributed by atoms with Crippen molar-refractivity contribution in [3.63, 3.8) is 0 Å². The van der Waals surface area contributed by atoms with E-state index in [0.717, 1.165) is 12.1 Å². The summed E-state index contributed by atoms with van der Waals surface area (Å²) in [6.07, 6.45) is -3.30. The molecule has 0 unspecified atom stereocenters. The van der Waals surface area contributed by atoms with Crippen LogP contribution in [0.4, 0.5) is 24.5 Å². The fourth-order valence-corrected chi connectivity index (χ4v) is 3.42. The number of nitrogens with one attached hydrogen (secondary N) is 2. The normalized spacial score (nSPS) is 15.0. The van der Waals surface area contributed by atoms with E-state index in [2.05, 4.69) is 10.6 Å². The minimum absolute atomic E-state index is 0.00128. The second kappa shape index (κ2) is 11.3. The van der Waals surface area contributed by atoms with E-state index >= 15 is 0 Å². The third kappa shape index (κ3) is 6.98. The number of furan rings is 1. The quantitative estimate of drug-likeness (QED) is 0.540. The van der Waals surface area contributed by atoms with Crippen molar-refractivity contribution in [2.75, 3.05) is 43.1 Å². The van der Waals surface area contributed by atoms with Crippen LogP contribution in [-0.4, -0.2) is 56.7 Å². The Morgan fingerprint density at radius 1 is 1.14 bits per heavy atom. The molecule has 2 amide bonds. The first-order chi connectivity index (χ1) is 16.6. The number of esters is 1. The number of amides is 2. The molecular weight excluding hydrogens is 471 g/mol. The SMILES string of the molecule is CC(C)[C@@H](NC(=O)c1ccco1)C(=O)OCC(=O)Nc1cc(C(F)(F)F)ccc1N1CCOCC1. The van der Waals surface area contributed by atoms with Crippen molar-refractivity contribution in [2.45, 2.75) is 26.1 Å². The fourth-order valence-electron chi connectivity index (χ4n) is 3.42. The van der Waals surface area contributed by atoms with Gasteiger partial charge in [-0.2, -0.15) is 13.2 Å². The van der Waals surface area contributed by atoms with Gasteiger partial charge in [0.25, 0.3) is 11.8 Å². The standard InChI is InChI=1S/C23H26F3N3O6/c1-14(2)20(28-21(31)18-4-3-9-34-18)22(32)35-13-19(30)27-16-12-15(23(24,25)26)5-6-17(16)29-7-10-33-11-8-29/h3-6,9,12,14,20H,7-8,10-11,13H2,1-2H3,(H,27,30)(H,28,31)/t20-/m1/s1. The summed E-state index contributed by atoms with van der Waals surface area (Å²) >= 11 is 0. The first-order valence-electron chi connectivity index (χ1n) is 10.9. The van der Waals surface area contributed by atoms with Crippen molar-refractivity contribution < 1.29 is 41.4 Å². The molecule has 0 aliphatic carbocycles. The van der Waals surface area contributed by atoms with Crippen LogP contribution in [0.2, 0.25) is 0 Å². The summed E-state index contributed by atoms with van der Waals surface area (Å²) in [6.45, 7) is 4.26. The molecule has 0 saturated carbocycles. The molecule has 190 valence electrons. The lowest BCUT2D eigenvalue weighted by atomic mass is 10.0. The number of hydrogen-bond donors (Lipinski definition) is 2. The third-order valence-corrected chi connectivity index (χ3v) is 5.25. The van der Waals surface area contributed by atoms with Gasteiger partial charge in [0.05, 0.1) is 36.4 Å². The van der Waals surface area contributed by atoms with Gasteiger partial charge in [-0.05, 0) is 36.2 Å². The van der Waals surface area contributed by atoms with E-state index in [1.807, 2.05) is 0 Å². The van der Waals surface area contributed by atoms with Gasteiger partial charge in [-0.3, -0.25) is 9.59 Å². The van der Waals surface area contributed by atoms with Crippen LogP contribution in [0.1, 0.15) is 30.0 Å². The summed E-state index contributed by atoms with van der Waals surface area (Å²) in [6, 6.07) is 4.93. The van der Waals surface area contributed by atoms with Gasteiger partial charge in [0.1, 0.15) is 6.04 Å². The Hall–Kier alpha value is -3.54. The van der Waals surface area contributed by atoms with Crippen LogP contribution in [0.3, 0.4) is 0 Å². The van der Waals surface area contributed by atoms with E-state index in [0.29, 0.717) is 32.0 Å². The summed E-state index contributed by atoms with van der Waals surface area (Å²) in [5.74, 6) is -2.70. The van der Waals surface area contributed by atoms with Crippen molar-refractivity contribution in [3.8, 4) is 0 Å². The number of carbonyl (C=O) groups is 3. The predicted octanol–water partition coefficient (Wildman–Crippen LogP) is 3.07. The lowest BCUT2D eigenvalue weighted by Gasteiger charge is -2.31. The van der Waals surface area contributed by atoms with Gasteiger partial charge in [-0.25, -0.2) is 4.79 Å². The molecule has 3 rings (SSSR count). The van der Waals surface area contributed by atoms with Gasteiger partial charge in [-0.15, -0.1) is 0 Å².